The lowest BCUT2D eigenvalue weighted by Gasteiger charge is -2.29. The maximum atomic E-state index is 12.1. The molecular formula is C18H25N3O2. The van der Waals surface area contributed by atoms with E-state index in [0.717, 1.165) is 19.3 Å². The lowest BCUT2D eigenvalue weighted by atomic mass is 9.86. The van der Waals surface area contributed by atoms with Gasteiger partial charge in [-0.15, -0.1) is 0 Å². The van der Waals surface area contributed by atoms with Gasteiger partial charge in [-0.2, -0.15) is 0 Å². The van der Waals surface area contributed by atoms with Crippen molar-refractivity contribution >= 4 is 17.6 Å². The lowest BCUT2D eigenvalue weighted by molar-refractivity contribution is 0.0951. The highest BCUT2D eigenvalue weighted by Crippen LogP contribution is 2.24. The molecule has 1 aromatic rings. The fraction of sp³-hybridized carbons (Fsp3) is 0.556. The van der Waals surface area contributed by atoms with Crippen molar-refractivity contribution in [2.24, 2.45) is 5.92 Å². The largest absolute Gasteiger partial charge is 0.349 e. The highest BCUT2D eigenvalue weighted by atomic mass is 16.2. The second-order valence-electron chi connectivity index (χ2n) is 6.79. The monoisotopic (exact) mass is 315 g/mol. The number of hydrogen-bond donors (Lipinski definition) is 3. The van der Waals surface area contributed by atoms with Crippen LogP contribution in [0, 0.1) is 5.92 Å². The molecule has 2 atom stereocenters. The molecule has 1 aromatic carbocycles. The van der Waals surface area contributed by atoms with E-state index >= 15 is 0 Å². The van der Waals surface area contributed by atoms with Crippen molar-refractivity contribution in [2.45, 2.75) is 57.5 Å². The minimum atomic E-state index is -0.168. The lowest BCUT2D eigenvalue weighted by Crippen LogP contribution is -2.43. The van der Waals surface area contributed by atoms with E-state index in [0.29, 0.717) is 23.2 Å². The summed E-state index contributed by atoms with van der Waals surface area (Å²) < 4.78 is 0. The summed E-state index contributed by atoms with van der Waals surface area (Å²) >= 11 is 0. The fourth-order valence-electron chi connectivity index (χ4n) is 3.07. The van der Waals surface area contributed by atoms with E-state index in [-0.39, 0.29) is 18.0 Å². The van der Waals surface area contributed by atoms with Gasteiger partial charge < -0.3 is 16.0 Å². The van der Waals surface area contributed by atoms with E-state index in [9.17, 15) is 9.59 Å². The maximum Gasteiger partial charge on any atom is 0.319 e. The van der Waals surface area contributed by atoms with E-state index in [2.05, 4.69) is 22.9 Å². The van der Waals surface area contributed by atoms with Crippen molar-refractivity contribution in [3.63, 3.8) is 0 Å². The van der Waals surface area contributed by atoms with Gasteiger partial charge >= 0.3 is 6.03 Å². The normalized spacial score (nSPS) is 23.9. The molecule has 0 heterocycles. The zero-order chi connectivity index (χ0) is 16.2. The minimum Gasteiger partial charge on any atom is -0.349 e. The van der Waals surface area contributed by atoms with Crippen LogP contribution in [-0.4, -0.2) is 24.0 Å². The van der Waals surface area contributed by atoms with Crippen LogP contribution in [0.25, 0.3) is 0 Å². The highest BCUT2D eigenvalue weighted by Gasteiger charge is 2.24. The van der Waals surface area contributed by atoms with Gasteiger partial charge in [0.15, 0.2) is 0 Å². The molecule has 5 heteroatoms. The molecule has 2 unspecified atom stereocenters. The van der Waals surface area contributed by atoms with E-state index in [1.807, 2.05) is 0 Å². The first-order chi connectivity index (χ1) is 11.1. The van der Waals surface area contributed by atoms with E-state index in [4.69, 9.17) is 0 Å². The Morgan fingerprint density at radius 2 is 1.65 bits per heavy atom. The number of nitrogens with one attached hydrogen (secondary N) is 3. The Bertz CT molecular complexity index is 566. The zero-order valence-electron chi connectivity index (χ0n) is 13.6. The molecule has 2 aliphatic rings. The smallest absolute Gasteiger partial charge is 0.319 e. The van der Waals surface area contributed by atoms with Gasteiger partial charge in [-0.1, -0.05) is 19.8 Å². The fourth-order valence-corrected chi connectivity index (χ4v) is 3.07. The third kappa shape index (κ3) is 4.47. The van der Waals surface area contributed by atoms with Crippen LogP contribution >= 0.6 is 0 Å². The average molecular weight is 315 g/mol. The van der Waals surface area contributed by atoms with Gasteiger partial charge in [0.05, 0.1) is 0 Å². The Morgan fingerprint density at radius 3 is 2.30 bits per heavy atom. The maximum absolute atomic E-state index is 12.1. The molecule has 0 aliphatic heterocycles. The number of benzene rings is 1. The zero-order valence-corrected chi connectivity index (χ0v) is 13.6. The first-order valence-electron chi connectivity index (χ1n) is 8.60. The van der Waals surface area contributed by atoms with Gasteiger partial charge in [0, 0.05) is 23.3 Å². The summed E-state index contributed by atoms with van der Waals surface area (Å²) in [6, 6.07) is 7.47. The molecule has 2 aliphatic carbocycles. The second-order valence-corrected chi connectivity index (χ2v) is 6.79. The molecule has 23 heavy (non-hydrogen) atoms. The number of amides is 3. The van der Waals surface area contributed by atoms with Crippen molar-refractivity contribution in [3.8, 4) is 0 Å². The predicted molar refractivity (Wildman–Crippen MR) is 90.5 cm³/mol. The number of carbonyl (C=O) groups is 2. The molecule has 0 bridgehead atoms. The number of anilines is 1. The number of urea groups is 1. The van der Waals surface area contributed by atoms with E-state index in [1.165, 1.54) is 19.3 Å². The van der Waals surface area contributed by atoms with Crippen molar-refractivity contribution in [1.29, 1.82) is 0 Å². The Morgan fingerprint density at radius 1 is 0.957 bits per heavy atom. The molecule has 3 rings (SSSR count). The van der Waals surface area contributed by atoms with Crippen LogP contribution in [0.2, 0.25) is 0 Å². The quantitative estimate of drug-likeness (QED) is 0.798. The Kier molecular flexibility index (Phi) is 4.84. The first kappa shape index (κ1) is 15.8. The molecule has 124 valence electrons. The average Bonchev–Trinajstić information content (AvgIpc) is 3.34. The first-order valence-corrected chi connectivity index (χ1v) is 8.60. The van der Waals surface area contributed by atoms with Crippen LogP contribution in [0.5, 0.6) is 0 Å². The van der Waals surface area contributed by atoms with Crippen molar-refractivity contribution < 1.29 is 9.59 Å². The summed E-state index contributed by atoms with van der Waals surface area (Å²) in [5.41, 5.74) is 1.33. The van der Waals surface area contributed by atoms with Gasteiger partial charge in [0.2, 0.25) is 0 Å². The van der Waals surface area contributed by atoms with Crippen LogP contribution in [0.1, 0.15) is 55.8 Å². The number of carbonyl (C=O) groups excluding carboxylic acids is 2. The standard InChI is InChI=1S/C18H25N3O2/c1-12-4-2-3-5-16(12)21-18(23)20-15-8-6-13(7-9-15)17(22)19-14-10-11-14/h6-9,12,14,16H,2-5,10-11H2,1H3,(H,19,22)(H2,20,21,23). The summed E-state index contributed by atoms with van der Waals surface area (Å²) in [6.45, 7) is 2.19. The minimum absolute atomic E-state index is 0.0421. The summed E-state index contributed by atoms with van der Waals surface area (Å²) in [4.78, 5) is 24.0. The highest BCUT2D eigenvalue weighted by molar-refractivity contribution is 5.95. The Hall–Kier alpha value is -2.04. The molecule has 5 nitrogen and oxygen atoms in total. The van der Waals surface area contributed by atoms with E-state index < -0.39 is 0 Å². The predicted octanol–water partition coefficient (Wildman–Crippen LogP) is 3.28. The SMILES string of the molecule is CC1CCCCC1NC(=O)Nc1ccc(C(=O)NC2CC2)cc1. The second kappa shape index (κ2) is 7.02. The molecule has 3 N–H and O–H groups in total. The van der Waals surface area contributed by atoms with Crippen LogP contribution in [0.3, 0.4) is 0 Å². The Labute approximate surface area is 137 Å². The Balaban J connectivity index is 1.50. The molecule has 0 aromatic heterocycles. The molecule has 2 saturated carbocycles. The molecule has 0 spiro atoms. The van der Waals surface area contributed by atoms with Crippen LogP contribution in [0.15, 0.2) is 24.3 Å². The van der Waals surface area contributed by atoms with Crippen molar-refractivity contribution in [3.05, 3.63) is 29.8 Å². The van der Waals surface area contributed by atoms with Crippen molar-refractivity contribution in [1.82, 2.24) is 10.6 Å². The van der Waals surface area contributed by atoms with Gasteiger partial charge in [-0.3, -0.25) is 4.79 Å². The van der Waals surface area contributed by atoms with Crippen LogP contribution in [0.4, 0.5) is 10.5 Å². The molecule has 3 amide bonds. The molecular weight excluding hydrogens is 290 g/mol. The summed E-state index contributed by atoms with van der Waals surface area (Å²) in [5.74, 6) is 0.488. The van der Waals surface area contributed by atoms with Gasteiger partial charge in [0.25, 0.3) is 5.91 Å². The molecule has 0 radical (unpaired) electrons. The molecule has 0 saturated heterocycles. The summed E-state index contributed by atoms with van der Waals surface area (Å²) in [7, 11) is 0. The summed E-state index contributed by atoms with van der Waals surface area (Å²) in [6.07, 6.45) is 6.81. The summed E-state index contributed by atoms with van der Waals surface area (Å²) in [5, 5.41) is 8.86. The van der Waals surface area contributed by atoms with Crippen LogP contribution < -0.4 is 16.0 Å². The van der Waals surface area contributed by atoms with Gasteiger partial charge in [-0.25, -0.2) is 4.79 Å². The van der Waals surface area contributed by atoms with Crippen LogP contribution in [-0.2, 0) is 0 Å². The van der Waals surface area contributed by atoms with E-state index in [1.54, 1.807) is 24.3 Å². The number of hydrogen-bond acceptors (Lipinski definition) is 2. The van der Waals surface area contributed by atoms with Gasteiger partial charge in [0.1, 0.15) is 0 Å². The topological polar surface area (TPSA) is 70.2 Å². The molecule has 2 fully saturated rings. The van der Waals surface area contributed by atoms with Gasteiger partial charge in [-0.05, 0) is 55.9 Å². The number of rotatable bonds is 4. The third-order valence-electron chi connectivity index (χ3n) is 4.75. The third-order valence-corrected chi connectivity index (χ3v) is 4.75. The van der Waals surface area contributed by atoms with Crippen molar-refractivity contribution in [2.75, 3.05) is 5.32 Å².